The van der Waals surface area contributed by atoms with Crippen LogP contribution in [0, 0.1) is 0 Å². The third-order valence-electron chi connectivity index (χ3n) is 5.55. The van der Waals surface area contributed by atoms with Crippen LogP contribution in [-0.2, 0) is 16.5 Å². The molecular formula is C20H19F3N2O3. The summed E-state index contributed by atoms with van der Waals surface area (Å²) in [4.78, 5) is 15.1. The van der Waals surface area contributed by atoms with Crippen molar-refractivity contribution in [3.63, 3.8) is 0 Å². The number of phenols is 1. The maximum Gasteiger partial charge on any atom is 0.418 e. The molecule has 2 aromatic carbocycles. The first-order valence-corrected chi connectivity index (χ1v) is 8.99. The molecule has 1 fully saturated rings. The Bertz CT molecular complexity index is 906. The van der Waals surface area contributed by atoms with Crippen LogP contribution in [0.25, 0.3) is 0 Å². The summed E-state index contributed by atoms with van der Waals surface area (Å²) in [5, 5.41) is 22.0. The number of aromatic hydroxyl groups is 1. The lowest BCUT2D eigenvalue weighted by Gasteiger charge is -2.43. The van der Waals surface area contributed by atoms with Crippen molar-refractivity contribution < 1.29 is 28.2 Å². The molecule has 4 rings (SSSR count). The van der Waals surface area contributed by atoms with Gasteiger partial charge in [-0.3, -0.25) is 9.69 Å². The molecule has 0 bridgehead atoms. The third-order valence-corrected chi connectivity index (χ3v) is 5.55. The Morgan fingerprint density at radius 2 is 1.71 bits per heavy atom. The molecule has 148 valence electrons. The zero-order valence-corrected chi connectivity index (χ0v) is 14.8. The predicted molar refractivity (Wildman–Crippen MR) is 95.8 cm³/mol. The van der Waals surface area contributed by atoms with Gasteiger partial charge in [0.1, 0.15) is 5.75 Å². The van der Waals surface area contributed by atoms with Gasteiger partial charge in [0.15, 0.2) is 5.54 Å². The van der Waals surface area contributed by atoms with E-state index in [4.69, 9.17) is 0 Å². The van der Waals surface area contributed by atoms with E-state index in [0.29, 0.717) is 31.5 Å². The summed E-state index contributed by atoms with van der Waals surface area (Å²) in [7, 11) is 0. The van der Waals surface area contributed by atoms with E-state index in [2.05, 4.69) is 5.32 Å². The number of para-hydroxylation sites is 1. The zero-order valence-electron chi connectivity index (χ0n) is 14.8. The summed E-state index contributed by atoms with van der Waals surface area (Å²) in [6, 6.07) is 9.70. The van der Waals surface area contributed by atoms with Crippen LogP contribution in [0.3, 0.4) is 0 Å². The van der Waals surface area contributed by atoms with Gasteiger partial charge in [-0.1, -0.05) is 24.3 Å². The molecule has 1 atom stereocenters. The average Bonchev–Trinajstić information content (AvgIpc) is 2.95. The molecule has 0 radical (unpaired) electrons. The van der Waals surface area contributed by atoms with Crippen LogP contribution in [-0.4, -0.2) is 40.2 Å². The number of amides is 1. The predicted octanol–water partition coefficient (Wildman–Crippen LogP) is 3.06. The molecule has 2 heterocycles. The zero-order chi connectivity index (χ0) is 20.1. The lowest BCUT2D eigenvalue weighted by Crippen LogP contribution is -2.55. The summed E-state index contributed by atoms with van der Waals surface area (Å²) in [6.07, 6.45) is -4.27. The summed E-state index contributed by atoms with van der Waals surface area (Å²) >= 11 is 0. The number of carbonyl (C=O) groups is 1. The number of aliphatic hydroxyl groups is 1. The summed E-state index contributed by atoms with van der Waals surface area (Å²) < 4.78 is 40.6. The van der Waals surface area contributed by atoms with Crippen LogP contribution in [0.4, 0.5) is 18.9 Å². The average molecular weight is 392 g/mol. The first kappa shape index (κ1) is 18.8. The molecule has 2 aliphatic rings. The van der Waals surface area contributed by atoms with Gasteiger partial charge in [0, 0.05) is 18.7 Å². The number of hydrogen-bond acceptors (Lipinski definition) is 4. The Morgan fingerprint density at radius 1 is 1.07 bits per heavy atom. The molecule has 3 N–H and O–H groups in total. The topological polar surface area (TPSA) is 72.8 Å². The number of halogens is 3. The number of fused-ring (bicyclic) bond motifs is 1. The number of hydrogen-bond donors (Lipinski definition) is 3. The third kappa shape index (κ3) is 2.75. The van der Waals surface area contributed by atoms with E-state index in [0.717, 1.165) is 6.07 Å². The van der Waals surface area contributed by atoms with Crippen molar-refractivity contribution in [2.24, 2.45) is 0 Å². The van der Waals surface area contributed by atoms with E-state index in [-0.39, 0.29) is 17.0 Å². The molecule has 2 aromatic rings. The van der Waals surface area contributed by atoms with Gasteiger partial charge in [-0.25, -0.2) is 0 Å². The fourth-order valence-electron chi connectivity index (χ4n) is 4.24. The van der Waals surface area contributed by atoms with Gasteiger partial charge >= 0.3 is 6.18 Å². The van der Waals surface area contributed by atoms with Crippen molar-refractivity contribution in [2.75, 3.05) is 18.4 Å². The van der Waals surface area contributed by atoms with Crippen LogP contribution in [0.2, 0.25) is 0 Å². The molecule has 0 saturated carbocycles. The van der Waals surface area contributed by atoms with Crippen LogP contribution < -0.4 is 5.32 Å². The molecule has 1 unspecified atom stereocenters. The second-order valence-corrected chi connectivity index (χ2v) is 7.16. The van der Waals surface area contributed by atoms with Crippen LogP contribution >= 0.6 is 0 Å². The van der Waals surface area contributed by atoms with Crippen molar-refractivity contribution in [1.82, 2.24) is 4.90 Å². The first-order valence-electron chi connectivity index (χ1n) is 8.99. The molecule has 5 nitrogen and oxygen atoms in total. The molecule has 1 saturated heterocycles. The Hall–Kier alpha value is -2.58. The van der Waals surface area contributed by atoms with E-state index < -0.39 is 29.3 Å². The highest BCUT2D eigenvalue weighted by Gasteiger charge is 2.55. The van der Waals surface area contributed by atoms with E-state index in [9.17, 15) is 28.2 Å². The number of phenolic OH excluding ortho intramolecular Hbond substituents is 1. The lowest BCUT2D eigenvalue weighted by atomic mass is 9.80. The first-order chi connectivity index (χ1) is 13.2. The number of anilines is 1. The Kier molecular flexibility index (Phi) is 4.35. The number of carbonyl (C=O) groups excluding carboxylic acids is 1. The van der Waals surface area contributed by atoms with Gasteiger partial charge in [0.25, 0.3) is 5.91 Å². The lowest BCUT2D eigenvalue weighted by molar-refractivity contribution is -0.136. The van der Waals surface area contributed by atoms with Crippen LogP contribution in [0.15, 0.2) is 42.5 Å². The quantitative estimate of drug-likeness (QED) is 0.735. The number of aliphatic hydroxyl groups excluding tert-OH is 1. The van der Waals surface area contributed by atoms with E-state index in [1.165, 1.54) is 24.3 Å². The highest BCUT2D eigenvalue weighted by molar-refractivity contribution is 6.09. The molecule has 28 heavy (non-hydrogen) atoms. The van der Waals surface area contributed by atoms with Gasteiger partial charge in [-0.05, 0) is 36.6 Å². The maximum atomic E-state index is 13.5. The van der Waals surface area contributed by atoms with Gasteiger partial charge in [0.2, 0.25) is 0 Å². The highest BCUT2D eigenvalue weighted by Crippen LogP contribution is 2.50. The van der Waals surface area contributed by atoms with Crippen molar-refractivity contribution in [3.8, 4) is 5.75 Å². The number of nitrogens with zero attached hydrogens (tertiary/aromatic N) is 1. The SMILES string of the molecule is O=C1Nc2c(C(F)(F)F)cccc2C1(c1ccc(O)cc1)N1CCC(O)CC1. The number of likely N-dealkylation sites (tertiary alicyclic amines) is 1. The monoisotopic (exact) mass is 392 g/mol. The summed E-state index contributed by atoms with van der Waals surface area (Å²) in [6.45, 7) is 0.705. The molecular weight excluding hydrogens is 373 g/mol. The van der Waals surface area contributed by atoms with E-state index in [1.54, 1.807) is 12.1 Å². The molecule has 2 aliphatic heterocycles. The van der Waals surface area contributed by atoms with E-state index >= 15 is 0 Å². The second-order valence-electron chi connectivity index (χ2n) is 7.16. The smallest absolute Gasteiger partial charge is 0.418 e. The van der Waals surface area contributed by atoms with Crippen molar-refractivity contribution >= 4 is 11.6 Å². The van der Waals surface area contributed by atoms with Crippen LogP contribution in [0.5, 0.6) is 5.75 Å². The minimum atomic E-state index is -4.61. The Balaban J connectivity index is 1.95. The van der Waals surface area contributed by atoms with Gasteiger partial charge in [0.05, 0.1) is 17.4 Å². The van der Waals surface area contributed by atoms with Crippen LogP contribution in [0.1, 0.15) is 29.5 Å². The number of benzene rings is 2. The van der Waals surface area contributed by atoms with Crippen molar-refractivity contribution in [2.45, 2.75) is 30.7 Å². The number of rotatable bonds is 2. The summed E-state index contributed by atoms with van der Waals surface area (Å²) in [5.41, 5.74) is -1.88. The number of alkyl halides is 3. The summed E-state index contributed by atoms with van der Waals surface area (Å²) in [5.74, 6) is -0.572. The fraction of sp³-hybridized carbons (Fsp3) is 0.350. The maximum absolute atomic E-state index is 13.5. The molecule has 0 aliphatic carbocycles. The molecule has 0 aromatic heterocycles. The van der Waals surface area contributed by atoms with E-state index in [1.807, 2.05) is 4.90 Å². The minimum Gasteiger partial charge on any atom is -0.508 e. The van der Waals surface area contributed by atoms with Crippen molar-refractivity contribution in [3.05, 3.63) is 59.2 Å². The minimum absolute atomic E-state index is 0.00404. The normalized spacial score (nSPS) is 23.5. The molecule has 1 amide bonds. The van der Waals surface area contributed by atoms with Gasteiger partial charge in [-0.2, -0.15) is 13.2 Å². The highest BCUT2D eigenvalue weighted by atomic mass is 19.4. The molecule has 8 heteroatoms. The van der Waals surface area contributed by atoms with Gasteiger partial charge < -0.3 is 15.5 Å². The fourth-order valence-corrected chi connectivity index (χ4v) is 4.24. The number of nitrogens with one attached hydrogen (secondary N) is 1. The molecule has 0 spiro atoms. The standard InChI is InChI=1S/C20H19F3N2O3/c21-20(22,23)16-3-1-2-15-17(16)24-18(28)19(15,12-4-6-13(26)7-5-12)25-10-8-14(27)9-11-25/h1-7,14,26-27H,8-11H2,(H,24,28). The second kappa shape index (κ2) is 6.49. The Labute approximate surface area is 159 Å². The van der Waals surface area contributed by atoms with Crippen molar-refractivity contribution in [1.29, 1.82) is 0 Å². The largest absolute Gasteiger partial charge is 0.508 e. The Morgan fingerprint density at radius 3 is 2.32 bits per heavy atom. The number of piperidine rings is 1. The van der Waals surface area contributed by atoms with Gasteiger partial charge in [-0.15, -0.1) is 0 Å².